The third kappa shape index (κ3) is 4.60. The Bertz CT molecular complexity index is 655. The lowest BCUT2D eigenvalue weighted by molar-refractivity contribution is -0.0144. The van der Waals surface area contributed by atoms with E-state index >= 15 is 0 Å². The van der Waals surface area contributed by atoms with Crippen LogP contribution in [0, 0.1) is 19.8 Å². The smallest absolute Gasteiger partial charge is 0.117 e. The average molecular weight is 368 g/mol. The van der Waals surface area contributed by atoms with Gasteiger partial charge in [0.15, 0.2) is 0 Å². The van der Waals surface area contributed by atoms with Crippen LogP contribution in [-0.2, 0) is 5.60 Å². The maximum Gasteiger partial charge on any atom is 0.117 e. The van der Waals surface area contributed by atoms with Crippen LogP contribution in [0.1, 0.15) is 47.9 Å². The van der Waals surface area contributed by atoms with E-state index in [-0.39, 0.29) is 12.5 Å². The zero-order chi connectivity index (χ0) is 19.3. The minimum Gasteiger partial charge on any atom is -0.396 e. The Kier molecular flexibility index (Phi) is 6.69. The van der Waals surface area contributed by atoms with Crippen molar-refractivity contribution in [3.63, 3.8) is 0 Å². The van der Waals surface area contributed by atoms with Crippen LogP contribution in [0.15, 0.2) is 48.5 Å². The summed E-state index contributed by atoms with van der Waals surface area (Å²) < 4.78 is 0. The van der Waals surface area contributed by atoms with Gasteiger partial charge in [-0.2, -0.15) is 0 Å². The zero-order valence-electron chi connectivity index (χ0n) is 16.7. The van der Waals surface area contributed by atoms with E-state index in [1.165, 1.54) is 11.1 Å². The molecule has 3 nitrogen and oxygen atoms in total. The second-order valence-electron chi connectivity index (χ2n) is 8.05. The molecule has 0 bridgehead atoms. The summed E-state index contributed by atoms with van der Waals surface area (Å²) in [7, 11) is 0. The maximum atomic E-state index is 12.0. The van der Waals surface area contributed by atoms with Crippen molar-refractivity contribution in [2.45, 2.75) is 45.1 Å². The second-order valence-corrected chi connectivity index (χ2v) is 8.05. The van der Waals surface area contributed by atoms with Gasteiger partial charge in [0.05, 0.1) is 0 Å². The number of aryl methyl sites for hydroxylation is 2. The predicted octanol–water partition coefficient (Wildman–Crippen LogP) is 4.02. The van der Waals surface area contributed by atoms with E-state index in [9.17, 15) is 5.11 Å². The molecule has 146 valence electrons. The highest BCUT2D eigenvalue weighted by atomic mass is 16.3. The Labute approximate surface area is 163 Å². The second kappa shape index (κ2) is 9.01. The molecular weight excluding hydrogens is 334 g/mol. The van der Waals surface area contributed by atoms with Crippen molar-refractivity contribution < 1.29 is 10.2 Å². The molecule has 1 heterocycles. The Hall–Kier alpha value is -1.68. The molecule has 27 heavy (non-hydrogen) atoms. The van der Waals surface area contributed by atoms with Crippen molar-refractivity contribution in [1.29, 1.82) is 0 Å². The predicted molar refractivity (Wildman–Crippen MR) is 111 cm³/mol. The van der Waals surface area contributed by atoms with Crippen LogP contribution in [0.4, 0.5) is 0 Å². The van der Waals surface area contributed by atoms with Crippen molar-refractivity contribution in [3.8, 4) is 0 Å². The first-order valence-corrected chi connectivity index (χ1v) is 10.2. The normalized spacial score (nSPS) is 16.6. The van der Waals surface area contributed by atoms with Gasteiger partial charge in [0.2, 0.25) is 0 Å². The monoisotopic (exact) mass is 367 g/mol. The van der Waals surface area contributed by atoms with Gasteiger partial charge in [-0.25, -0.2) is 0 Å². The van der Waals surface area contributed by atoms with E-state index in [2.05, 4.69) is 67.3 Å². The summed E-state index contributed by atoms with van der Waals surface area (Å²) in [4.78, 5) is 2.47. The average Bonchev–Trinajstić information content (AvgIpc) is 2.69. The summed E-state index contributed by atoms with van der Waals surface area (Å²) in [5.74, 6) is 0.206. The fourth-order valence-corrected chi connectivity index (χ4v) is 4.27. The van der Waals surface area contributed by atoms with Crippen molar-refractivity contribution >= 4 is 0 Å². The van der Waals surface area contributed by atoms with E-state index in [0.717, 1.165) is 56.4 Å². The number of hydrogen-bond acceptors (Lipinski definition) is 3. The molecular formula is C24H33NO2. The molecule has 1 aliphatic rings. The van der Waals surface area contributed by atoms with Crippen molar-refractivity contribution in [2.75, 3.05) is 26.2 Å². The first-order valence-electron chi connectivity index (χ1n) is 10.2. The van der Waals surface area contributed by atoms with E-state index in [4.69, 9.17) is 5.11 Å². The summed E-state index contributed by atoms with van der Waals surface area (Å²) in [6.07, 6.45) is 3.88. The van der Waals surface area contributed by atoms with Crippen LogP contribution in [-0.4, -0.2) is 41.4 Å². The minimum atomic E-state index is -0.946. The van der Waals surface area contributed by atoms with Crippen LogP contribution < -0.4 is 0 Å². The Morgan fingerprint density at radius 2 is 1.33 bits per heavy atom. The van der Waals surface area contributed by atoms with Crippen molar-refractivity contribution in [1.82, 2.24) is 4.90 Å². The fraction of sp³-hybridized carbons (Fsp3) is 0.500. The number of likely N-dealkylation sites (tertiary alicyclic amines) is 1. The molecule has 0 saturated carbocycles. The highest BCUT2D eigenvalue weighted by molar-refractivity contribution is 5.39. The molecule has 0 unspecified atom stereocenters. The number of aliphatic hydroxyl groups is 2. The number of unbranched alkanes of at least 4 members (excludes halogenated alkanes) is 1. The van der Waals surface area contributed by atoms with Gasteiger partial charge >= 0.3 is 0 Å². The first-order chi connectivity index (χ1) is 13.0. The van der Waals surface area contributed by atoms with Gasteiger partial charge in [-0.15, -0.1) is 0 Å². The third-order valence-electron chi connectivity index (χ3n) is 6.04. The van der Waals surface area contributed by atoms with Gasteiger partial charge in [-0.05, 0) is 76.2 Å². The highest BCUT2D eigenvalue weighted by Crippen LogP contribution is 2.42. The number of aliphatic hydroxyl groups excluding tert-OH is 1. The lowest BCUT2D eigenvalue weighted by atomic mass is 9.72. The molecule has 0 amide bonds. The first kappa shape index (κ1) is 20.1. The topological polar surface area (TPSA) is 43.7 Å². The van der Waals surface area contributed by atoms with Crippen LogP contribution in [0.5, 0.6) is 0 Å². The minimum absolute atomic E-state index is 0.206. The molecule has 0 aromatic heterocycles. The zero-order valence-corrected chi connectivity index (χ0v) is 16.7. The van der Waals surface area contributed by atoms with Crippen molar-refractivity contribution in [3.05, 3.63) is 70.8 Å². The Morgan fingerprint density at radius 1 is 0.852 bits per heavy atom. The molecule has 0 spiro atoms. The van der Waals surface area contributed by atoms with Crippen LogP contribution in [0.25, 0.3) is 0 Å². The largest absolute Gasteiger partial charge is 0.396 e. The molecule has 3 rings (SSSR count). The quantitative estimate of drug-likeness (QED) is 0.727. The summed E-state index contributed by atoms with van der Waals surface area (Å²) in [6.45, 7) is 7.50. The van der Waals surface area contributed by atoms with E-state index < -0.39 is 5.60 Å². The molecule has 0 radical (unpaired) electrons. The van der Waals surface area contributed by atoms with E-state index in [1.54, 1.807) is 0 Å². The third-order valence-corrected chi connectivity index (χ3v) is 6.04. The Balaban J connectivity index is 1.83. The molecule has 1 fully saturated rings. The lowest BCUT2D eigenvalue weighted by Crippen LogP contribution is -2.44. The number of nitrogens with zero attached hydrogens (tertiary/aromatic N) is 1. The molecule has 1 aliphatic heterocycles. The van der Waals surface area contributed by atoms with Gasteiger partial charge in [0, 0.05) is 6.61 Å². The van der Waals surface area contributed by atoms with Crippen LogP contribution in [0.3, 0.4) is 0 Å². The number of hydrogen-bond donors (Lipinski definition) is 2. The number of benzene rings is 2. The SMILES string of the molecule is Cc1ccc(C(O)(c2ccc(C)cc2)C2CCN(CCCCO)CC2)cc1. The Morgan fingerprint density at radius 3 is 1.78 bits per heavy atom. The maximum absolute atomic E-state index is 12.0. The van der Waals surface area contributed by atoms with E-state index in [1.807, 2.05) is 0 Å². The molecule has 2 N–H and O–H groups in total. The van der Waals surface area contributed by atoms with Gasteiger partial charge in [-0.1, -0.05) is 59.7 Å². The summed E-state index contributed by atoms with van der Waals surface area (Å²) in [6, 6.07) is 16.7. The molecule has 0 atom stereocenters. The van der Waals surface area contributed by atoms with Crippen LogP contribution >= 0.6 is 0 Å². The molecule has 2 aromatic carbocycles. The number of piperidine rings is 1. The lowest BCUT2D eigenvalue weighted by Gasteiger charge is -2.42. The fourth-order valence-electron chi connectivity index (χ4n) is 4.27. The molecule has 3 heteroatoms. The summed E-state index contributed by atoms with van der Waals surface area (Å²) >= 11 is 0. The summed E-state index contributed by atoms with van der Waals surface area (Å²) in [5, 5.41) is 21.0. The highest BCUT2D eigenvalue weighted by Gasteiger charge is 2.41. The van der Waals surface area contributed by atoms with Gasteiger partial charge in [-0.3, -0.25) is 0 Å². The van der Waals surface area contributed by atoms with Gasteiger partial charge in [0.1, 0.15) is 5.60 Å². The molecule has 2 aromatic rings. The van der Waals surface area contributed by atoms with Gasteiger partial charge < -0.3 is 15.1 Å². The number of rotatable bonds is 7. The van der Waals surface area contributed by atoms with Crippen molar-refractivity contribution in [2.24, 2.45) is 5.92 Å². The summed E-state index contributed by atoms with van der Waals surface area (Å²) in [5.41, 5.74) is 3.47. The van der Waals surface area contributed by atoms with E-state index in [0.29, 0.717) is 0 Å². The standard InChI is InChI=1S/C24H33NO2/c1-19-5-9-21(10-6-19)24(27,22-11-7-20(2)8-12-22)23-13-16-25(17-14-23)15-3-4-18-26/h5-12,23,26-27H,3-4,13-18H2,1-2H3. The molecule has 1 saturated heterocycles. The van der Waals surface area contributed by atoms with Crippen LogP contribution in [0.2, 0.25) is 0 Å². The van der Waals surface area contributed by atoms with Gasteiger partial charge in [0.25, 0.3) is 0 Å². The molecule has 0 aliphatic carbocycles.